The summed E-state index contributed by atoms with van der Waals surface area (Å²) in [5, 5.41) is 9.07. The zero-order chi connectivity index (χ0) is 20.1. The van der Waals surface area contributed by atoms with Crippen LogP contribution in [-0.2, 0) is 21.4 Å². The van der Waals surface area contributed by atoms with E-state index in [2.05, 4.69) is 61.0 Å². The molecule has 0 saturated carbocycles. The van der Waals surface area contributed by atoms with Crippen molar-refractivity contribution in [2.45, 2.75) is 51.2 Å². The van der Waals surface area contributed by atoms with Crippen LogP contribution in [0.3, 0.4) is 0 Å². The zero-order valence-corrected chi connectivity index (χ0v) is 16.8. The average Bonchev–Trinajstić information content (AvgIpc) is 2.68. The lowest BCUT2D eigenvalue weighted by atomic mass is 9.86. The maximum Gasteiger partial charge on any atom is 0.237 e. The van der Waals surface area contributed by atoms with E-state index in [0.717, 1.165) is 12.0 Å². The number of carbonyl (C=O) groups is 2. The van der Waals surface area contributed by atoms with Crippen LogP contribution in [-0.4, -0.2) is 24.4 Å². The lowest BCUT2D eigenvalue weighted by Gasteiger charge is -2.31. The molecule has 1 heterocycles. The number of hydrogen-bond acceptors (Lipinski definition) is 3. The summed E-state index contributed by atoms with van der Waals surface area (Å²) in [4.78, 5) is 24.6. The molecule has 1 aliphatic heterocycles. The molecule has 3 N–H and O–H groups in total. The van der Waals surface area contributed by atoms with E-state index in [1.165, 1.54) is 11.1 Å². The first-order chi connectivity index (χ1) is 13.3. The number of benzene rings is 2. The van der Waals surface area contributed by atoms with E-state index in [1.807, 2.05) is 30.3 Å². The molecule has 2 aromatic rings. The van der Waals surface area contributed by atoms with Gasteiger partial charge in [0, 0.05) is 6.54 Å². The fourth-order valence-corrected chi connectivity index (χ4v) is 3.33. The summed E-state index contributed by atoms with van der Waals surface area (Å²) in [7, 11) is 0. The molecule has 2 amide bonds. The molecule has 2 atom stereocenters. The summed E-state index contributed by atoms with van der Waals surface area (Å²) in [6.45, 7) is 7.12. The highest BCUT2D eigenvalue weighted by molar-refractivity contribution is 5.89. The fraction of sp³-hybridized carbons (Fsp3) is 0.391. The predicted molar refractivity (Wildman–Crippen MR) is 111 cm³/mol. The second kappa shape index (κ2) is 8.57. The normalized spacial score (nSPS) is 19.8. The molecule has 0 aliphatic carbocycles. The molecule has 1 fully saturated rings. The third-order valence-corrected chi connectivity index (χ3v) is 5.04. The van der Waals surface area contributed by atoms with Gasteiger partial charge in [0.15, 0.2) is 0 Å². The van der Waals surface area contributed by atoms with Crippen molar-refractivity contribution < 1.29 is 9.59 Å². The third-order valence-electron chi connectivity index (χ3n) is 5.04. The number of nitrogens with one attached hydrogen (secondary N) is 3. The lowest BCUT2D eigenvalue weighted by molar-refractivity contribution is -0.131. The number of carbonyl (C=O) groups excluding carboxylic acids is 2. The van der Waals surface area contributed by atoms with Gasteiger partial charge < -0.3 is 10.6 Å². The first-order valence-corrected chi connectivity index (χ1v) is 9.80. The van der Waals surface area contributed by atoms with Crippen LogP contribution in [0.25, 0.3) is 0 Å². The topological polar surface area (TPSA) is 70.2 Å². The van der Waals surface area contributed by atoms with E-state index in [9.17, 15) is 9.59 Å². The number of rotatable bonds is 5. The maximum absolute atomic E-state index is 12.5. The monoisotopic (exact) mass is 379 g/mol. The molecular formula is C23H29N3O2. The van der Waals surface area contributed by atoms with Gasteiger partial charge in [-0.1, -0.05) is 75.4 Å². The Balaban J connectivity index is 1.52. The summed E-state index contributed by atoms with van der Waals surface area (Å²) >= 11 is 0. The Morgan fingerprint density at radius 3 is 2.39 bits per heavy atom. The molecule has 28 heavy (non-hydrogen) atoms. The average molecular weight is 380 g/mol. The minimum absolute atomic E-state index is 0.120. The first-order valence-electron chi connectivity index (χ1n) is 9.80. The largest absolute Gasteiger partial charge is 0.354 e. The van der Waals surface area contributed by atoms with Gasteiger partial charge in [-0.15, -0.1) is 0 Å². The van der Waals surface area contributed by atoms with Gasteiger partial charge in [0.2, 0.25) is 11.8 Å². The lowest BCUT2D eigenvalue weighted by Crippen LogP contribution is -2.56. The van der Waals surface area contributed by atoms with Gasteiger partial charge in [-0.2, -0.15) is 0 Å². The summed E-state index contributed by atoms with van der Waals surface area (Å²) in [6.07, 6.45) is 0.565. The van der Waals surface area contributed by atoms with Crippen LogP contribution < -0.4 is 16.0 Å². The van der Waals surface area contributed by atoms with E-state index in [-0.39, 0.29) is 29.8 Å². The SMILES string of the molecule is CC(C)(C)c1ccc(CCNC(=O)C2CC(=O)NC(c3ccccc3)N2)cc1. The van der Waals surface area contributed by atoms with Crippen LogP contribution in [0, 0.1) is 0 Å². The van der Waals surface area contributed by atoms with Gasteiger partial charge in [-0.25, -0.2) is 0 Å². The van der Waals surface area contributed by atoms with Crippen LogP contribution in [0.5, 0.6) is 0 Å². The Labute approximate surface area is 166 Å². The smallest absolute Gasteiger partial charge is 0.237 e. The Morgan fingerprint density at radius 1 is 1.07 bits per heavy atom. The molecule has 1 saturated heterocycles. The molecular weight excluding hydrogens is 350 g/mol. The summed E-state index contributed by atoms with van der Waals surface area (Å²) in [6, 6.07) is 17.6. The molecule has 2 aromatic carbocycles. The van der Waals surface area contributed by atoms with Crippen LogP contribution in [0.15, 0.2) is 54.6 Å². The summed E-state index contributed by atoms with van der Waals surface area (Å²) < 4.78 is 0. The second-order valence-electron chi connectivity index (χ2n) is 8.32. The van der Waals surface area contributed by atoms with Gasteiger partial charge in [0.25, 0.3) is 0 Å². The minimum atomic E-state index is -0.526. The van der Waals surface area contributed by atoms with Crippen molar-refractivity contribution in [2.24, 2.45) is 0 Å². The van der Waals surface area contributed by atoms with Crippen LogP contribution in [0.1, 0.15) is 50.0 Å². The first kappa shape index (κ1) is 20.1. The molecule has 0 bridgehead atoms. The molecule has 1 aliphatic rings. The van der Waals surface area contributed by atoms with Crippen LogP contribution in [0.4, 0.5) is 0 Å². The van der Waals surface area contributed by atoms with Crippen LogP contribution in [0.2, 0.25) is 0 Å². The highest BCUT2D eigenvalue weighted by Crippen LogP contribution is 2.22. The highest BCUT2D eigenvalue weighted by atomic mass is 16.2. The van der Waals surface area contributed by atoms with E-state index >= 15 is 0 Å². The maximum atomic E-state index is 12.5. The Bertz CT molecular complexity index is 810. The summed E-state index contributed by atoms with van der Waals surface area (Å²) in [5.41, 5.74) is 3.55. The third kappa shape index (κ3) is 5.20. The van der Waals surface area contributed by atoms with Gasteiger partial charge in [0.1, 0.15) is 6.17 Å². The molecule has 5 heteroatoms. The molecule has 2 unspecified atom stereocenters. The van der Waals surface area contributed by atoms with Gasteiger partial charge >= 0.3 is 0 Å². The molecule has 0 spiro atoms. The predicted octanol–water partition coefficient (Wildman–Crippen LogP) is 2.82. The van der Waals surface area contributed by atoms with Crippen molar-refractivity contribution in [3.05, 3.63) is 71.3 Å². The van der Waals surface area contributed by atoms with Crippen molar-refractivity contribution >= 4 is 11.8 Å². The fourth-order valence-electron chi connectivity index (χ4n) is 3.33. The second-order valence-corrected chi connectivity index (χ2v) is 8.32. The van der Waals surface area contributed by atoms with Crippen molar-refractivity contribution in [1.82, 2.24) is 16.0 Å². The molecule has 0 aromatic heterocycles. The van der Waals surface area contributed by atoms with E-state index < -0.39 is 6.04 Å². The van der Waals surface area contributed by atoms with E-state index in [1.54, 1.807) is 0 Å². The Morgan fingerprint density at radius 2 is 1.75 bits per heavy atom. The van der Waals surface area contributed by atoms with Gasteiger partial charge in [-0.3, -0.25) is 14.9 Å². The van der Waals surface area contributed by atoms with E-state index in [4.69, 9.17) is 0 Å². The van der Waals surface area contributed by atoms with Crippen molar-refractivity contribution in [3.63, 3.8) is 0 Å². The number of amides is 2. The zero-order valence-electron chi connectivity index (χ0n) is 16.8. The summed E-state index contributed by atoms with van der Waals surface area (Å²) in [5.74, 6) is -0.257. The molecule has 3 rings (SSSR count). The van der Waals surface area contributed by atoms with E-state index in [0.29, 0.717) is 6.54 Å². The Kier molecular flexibility index (Phi) is 6.15. The molecule has 0 radical (unpaired) electrons. The minimum Gasteiger partial charge on any atom is -0.354 e. The van der Waals surface area contributed by atoms with Gasteiger partial charge in [0.05, 0.1) is 12.5 Å². The standard InChI is InChI=1S/C23H29N3O2/c1-23(2,3)18-11-9-16(10-12-18)13-14-24-22(28)19-15-20(27)26-21(25-19)17-7-5-4-6-8-17/h4-12,19,21,25H,13-15H2,1-3H3,(H,24,28)(H,26,27). The van der Waals surface area contributed by atoms with Crippen molar-refractivity contribution in [1.29, 1.82) is 0 Å². The number of hydrogen-bond donors (Lipinski definition) is 3. The molecule has 5 nitrogen and oxygen atoms in total. The quantitative estimate of drug-likeness (QED) is 0.748. The Hall–Kier alpha value is -2.66. The van der Waals surface area contributed by atoms with Gasteiger partial charge in [-0.05, 0) is 28.5 Å². The van der Waals surface area contributed by atoms with Crippen LogP contribution >= 0.6 is 0 Å². The van der Waals surface area contributed by atoms with Crippen molar-refractivity contribution in [3.8, 4) is 0 Å². The highest BCUT2D eigenvalue weighted by Gasteiger charge is 2.31. The molecule has 148 valence electrons. The van der Waals surface area contributed by atoms with Crippen molar-refractivity contribution in [2.75, 3.05) is 6.54 Å².